The predicted molar refractivity (Wildman–Crippen MR) is 121 cm³/mol. The minimum atomic E-state index is -1.20. The van der Waals surface area contributed by atoms with Gasteiger partial charge in [-0.25, -0.2) is 9.59 Å². The third kappa shape index (κ3) is 4.94. The Labute approximate surface area is 195 Å². The van der Waals surface area contributed by atoms with E-state index in [9.17, 15) is 14.4 Å². The number of furan rings is 1. The van der Waals surface area contributed by atoms with Crippen LogP contribution in [-0.2, 0) is 20.8 Å². The summed E-state index contributed by atoms with van der Waals surface area (Å²) in [6.45, 7) is -0.00119. The smallest absolute Gasteiger partial charge is 0.407 e. The molecule has 1 heterocycles. The quantitative estimate of drug-likeness (QED) is 0.444. The first kappa shape index (κ1) is 23.1. The van der Waals surface area contributed by atoms with Crippen LogP contribution < -0.4 is 10.6 Å². The Morgan fingerprint density at radius 2 is 1.65 bits per heavy atom. The van der Waals surface area contributed by atoms with E-state index in [1.165, 1.54) is 19.2 Å². The number of amides is 2. The van der Waals surface area contributed by atoms with Crippen molar-refractivity contribution in [2.75, 3.05) is 20.3 Å². The van der Waals surface area contributed by atoms with Crippen molar-refractivity contribution in [1.82, 2.24) is 10.6 Å². The van der Waals surface area contributed by atoms with E-state index >= 15 is 0 Å². The molecule has 2 amide bonds. The summed E-state index contributed by atoms with van der Waals surface area (Å²) in [5, 5.41) is 14.0. The molecular weight excluding hydrogens is 440 g/mol. The Kier molecular flexibility index (Phi) is 6.93. The highest BCUT2D eigenvalue weighted by Gasteiger charge is 2.29. The van der Waals surface area contributed by atoms with E-state index in [0.29, 0.717) is 0 Å². The number of nitrogens with one attached hydrogen (secondary N) is 2. The maximum atomic E-state index is 12.6. The highest BCUT2D eigenvalue weighted by Crippen LogP contribution is 2.44. The molecule has 34 heavy (non-hydrogen) atoms. The summed E-state index contributed by atoms with van der Waals surface area (Å²) >= 11 is 0. The number of aromatic carboxylic acids is 1. The van der Waals surface area contributed by atoms with Crippen molar-refractivity contribution in [2.45, 2.75) is 18.5 Å². The lowest BCUT2D eigenvalue weighted by Gasteiger charge is -2.19. The standard InChI is InChI=1S/C25H24N2O7/c1-32-14-21(23(28)26-12-15-10-11-22(34-15)24(29)30)27-25(31)33-13-20-18-8-4-2-6-16(18)17-7-3-5-9-19(17)20/h2-11,20-21H,12-14H2,1H3,(H,26,28)(H,27,31)(H,29,30)/t21-/m0/s1. The zero-order valence-electron chi connectivity index (χ0n) is 18.4. The second kappa shape index (κ2) is 10.2. The van der Waals surface area contributed by atoms with Gasteiger partial charge < -0.3 is 29.6 Å². The predicted octanol–water partition coefficient (Wildman–Crippen LogP) is 3.15. The molecule has 4 rings (SSSR count). The molecule has 0 bridgehead atoms. The zero-order chi connectivity index (χ0) is 24.1. The maximum Gasteiger partial charge on any atom is 0.407 e. The van der Waals surface area contributed by atoms with E-state index in [2.05, 4.69) is 10.6 Å². The Balaban J connectivity index is 1.35. The fraction of sp³-hybridized carbons (Fsp3) is 0.240. The van der Waals surface area contributed by atoms with E-state index < -0.39 is 24.0 Å². The first-order valence-electron chi connectivity index (χ1n) is 10.7. The molecule has 176 valence electrons. The molecule has 0 saturated heterocycles. The number of carbonyl (C=O) groups excluding carboxylic acids is 2. The third-order valence-corrected chi connectivity index (χ3v) is 5.59. The van der Waals surface area contributed by atoms with E-state index in [-0.39, 0.29) is 37.2 Å². The van der Waals surface area contributed by atoms with Crippen molar-refractivity contribution in [3.05, 3.63) is 83.3 Å². The second-order valence-corrected chi connectivity index (χ2v) is 7.77. The van der Waals surface area contributed by atoms with Gasteiger partial charge in [0.1, 0.15) is 18.4 Å². The highest BCUT2D eigenvalue weighted by molar-refractivity contribution is 5.86. The van der Waals surface area contributed by atoms with Crippen LogP contribution in [0.15, 0.2) is 65.1 Å². The van der Waals surface area contributed by atoms with Crippen LogP contribution in [0.25, 0.3) is 11.1 Å². The molecule has 3 N–H and O–H groups in total. The van der Waals surface area contributed by atoms with Gasteiger partial charge >= 0.3 is 12.1 Å². The fourth-order valence-corrected chi connectivity index (χ4v) is 4.02. The largest absolute Gasteiger partial charge is 0.475 e. The van der Waals surface area contributed by atoms with Gasteiger partial charge in [-0.15, -0.1) is 0 Å². The van der Waals surface area contributed by atoms with Crippen LogP contribution in [0.2, 0.25) is 0 Å². The topological polar surface area (TPSA) is 127 Å². The highest BCUT2D eigenvalue weighted by atomic mass is 16.5. The fourth-order valence-electron chi connectivity index (χ4n) is 4.02. The number of benzene rings is 2. The molecule has 2 aromatic carbocycles. The number of ether oxygens (including phenoxy) is 2. The van der Waals surface area contributed by atoms with Gasteiger partial charge in [0.25, 0.3) is 0 Å². The molecule has 1 aliphatic carbocycles. The van der Waals surface area contributed by atoms with Gasteiger partial charge in [0.2, 0.25) is 11.7 Å². The van der Waals surface area contributed by atoms with Crippen LogP contribution in [0.1, 0.15) is 33.4 Å². The van der Waals surface area contributed by atoms with Crippen molar-refractivity contribution in [3.8, 4) is 11.1 Å². The number of rotatable bonds is 9. The molecule has 3 aromatic rings. The number of carboxylic acid groups (broad SMARTS) is 1. The molecule has 0 unspecified atom stereocenters. The third-order valence-electron chi connectivity index (χ3n) is 5.59. The number of carboxylic acids is 1. The second-order valence-electron chi connectivity index (χ2n) is 7.77. The molecule has 0 spiro atoms. The molecule has 0 fully saturated rings. The summed E-state index contributed by atoms with van der Waals surface area (Å²) in [4.78, 5) is 36.0. The van der Waals surface area contributed by atoms with Crippen LogP contribution in [-0.4, -0.2) is 49.4 Å². The lowest BCUT2D eigenvalue weighted by Crippen LogP contribution is -2.49. The molecule has 0 aliphatic heterocycles. The van der Waals surface area contributed by atoms with Crippen LogP contribution in [0.5, 0.6) is 0 Å². The minimum absolute atomic E-state index is 0.0430. The first-order valence-corrected chi connectivity index (χ1v) is 10.7. The number of fused-ring (bicyclic) bond motifs is 3. The molecule has 9 nitrogen and oxygen atoms in total. The number of hydrogen-bond donors (Lipinski definition) is 3. The van der Waals surface area contributed by atoms with Crippen LogP contribution in [0, 0.1) is 0 Å². The normalized spacial score (nSPS) is 13.0. The average Bonchev–Trinajstić information content (AvgIpc) is 3.44. The first-order chi connectivity index (χ1) is 16.5. The van der Waals surface area contributed by atoms with Crippen molar-refractivity contribution in [1.29, 1.82) is 0 Å². The molecule has 0 radical (unpaired) electrons. The lowest BCUT2D eigenvalue weighted by atomic mass is 9.98. The Morgan fingerprint density at radius 3 is 2.24 bits per heavy atom. The average molecular weight is 464 g/mol. The Hall–Kier alpha value is -4.11. The SMILES string of the molecule is COC[C@H](NC(=O)OCC1c2ccccc2-c2ccccc21)C(=O)NCc1ccc(C(=O)O)o1. The summed E-state index contributed by atoms with van der Waals surface area (Å²) in [7, 11) is 1.41. The van der Waals surface area contributed by atoms with Gasteiger partial charge in [0.15, 0.2) is 0 Å². The molecule has 1 aliphatic rings. The minimum Gasteiger partial charge on any atom is -0.475 e. The van der Waals surface area contributed by atoms with E-state index in [1.54, 1.807) is 0 Å². The van der Waals surface area contributed by atoms with Gasteiger partial charge in [-0.05, 0) is 34.4 Å². The Bertz CT molecular complexity index is 1160. The van der Waals surface area contributed by atoms with Gasteiger partial charge in [0, 0.05) is 13.0 Å². The van der Waals surface area contributed by atoms with Crippen molar-refractivity contribution in [2.24, 2.45) is 0 Å². The van der Waals surface area contributed by atoms with Crippen LogP contribution in [0.4, 0.5) is 4.79 Å². The molecule has 1 atom stereocenters. The molecule has 9 heteroatoms. The maximum absolute atomic E-state index is 12.6. The van der Waals surface area contributed by atoms with Crippen LogP contribution in [0.3, 0.4) is 0 Å². The number of hydrogen-bond acceptors (Lipinski definition) is 6. The number of carbonyl (C=O) groups is 3. The van der Waals surface area contributed by atoms with Crippen molar-refractivity contribution >= 4 is 18.0 Å². The molecular formula is C25H24N2O7. The van der Waals surface area contributed by atoms with Gasteiger partial charge in [-0.1, -0.05) is 48.5 Å². The van der Waals surface area contributed by atoms with Gasteiger partial charge in [0.05, 0.1) is 13.2 Å². The van der Waals surface area contributed by atoms with Gasteiger partial charge in [-0.2, -0.15) is 0 Å². The summed E-state index contributed by atoms with van der Waals surface area (Å²) in [6, 6.07) is 17.7. The molecule has 1 aromatic heterocycles. The summed E-state index contributed by atoms with van der Waals surface area (Å²) in [5.74, 6) is -1.79. The van der Waals surface area contributed by atoms with E-state index in [1.807, 2.05) is 48.5 Å². The van der Waals surface area contributed by atoms with Crippen LogP contribution >= 0.6 is 0 Å². The van der Waals surface area contributed by atoms with E-state index in [4.69, 9.17) is 19.0 Å². The summed E-state index contributed by atoms with van der Waals surface area (Å²) in [6.07, 6.45) is -0.745. The van der Waals surface area contributed by atoms with E-state index in [0.717, 1.165) is 22.3 Å². The summed E-state index contributed by atoms with van der Waals surface area (Å²) in [5.41, 5.74) is 4.41. The Morgan fingerprint density at radius 1 is 1.00 bits per heavy atom. The van der Waals surface area contributed by atoms with Gasteiger partial charge in [-0.3, -0.25) is 4.79 Å². The summed E-state index contributed by atoms with van der Waals surface area (Å²) < 4.78 is 15.7. The zero-order valence-corrected chi connectivity index (χ0v) is 18.4. The molecule has 0 saturated carbocycles. The van der Waals surface area contributed by atoms with Crippen molar-refractivity contribution in [3.63, 3.8) is 0 Å². The van der Waals surface area contributed by atoms with Crippen molar-refractivity contribution < 1.29 is 33.4 Å². The number of alkyl carbamates (subject to hydrolysis) is 1. The monoisotopic (exact) mass is 464 g/mol. The lowest BCUT2D eigenvalue weighted by molar-refractivity contribution is -0.124. The number of methoxy groups -OCH3 is 1.